The van der Waals surface area contributed by atoms with Crippen LogP contribution in [0.4, 0.5) is 0 Å². The highest BCUT2D eigenvalue weighted by Crippen LogP contribution is 2.05. The first-order chi connectivity index (χ1) is 4.63. The van der Waals surface area contributed by atoms with E-state index in [0.717, 1.165) is 6.42 Å². The molecule has 0 spiro atoms. The van der Waals surface area contributed by atoms with Gasteiger partial charge in [-0.2, -0.15) is 0 Å². The topological polar surface area (TPSA) is 49.3 Å². The van der Waals surface area contributed by atoms with Crippen LogP contribution in [0, 0.1) is 5.92 Å². The van der Waals surface area contributed by atoms with Crippen LogP contribution in [0.5, 0.6) is 0 Å². The second kappa shape index (κ2) is 4.28. The third-order valence-electron chi connectivity index (χ3n) is 1.80. The summed E-state index contributed by atoms with van der Waals surface area (Å²) in [7, 11) is 1.79. The van der Waals surface area contributed by atoms with Crippen molar-refractivity contribution in [3.05, 3.63) is 0 Å². The number of nitrogens with one attached hydrogen (secondary N) is 1. The van der Waals surface area contributed by atoms with Crippen LogP contribution in [0.3, 0.4) is 0 Å². The van der Waals surface area contributed by atoms with Crippen molar-refractivity contribution in [2.75, 3.05) is 7.05 Å². The van der Waals surface area contributed by atoms with Crippen molar-refractivity contribution in [1.29, 1.82) is 0 Å². The SMILES string of the molecule is CCC(NC)C(C)C(=O)O. The van der Waals surface area contributed by atoms with Gasteiger partial charge in [0.2, 0.25) is 0 Å². The Morgan fingerprint density at radius 2 is 2.20 bits per heavy atom. The van der Waals surface area contributed by atoms with Crippen LogP contribution in [-0.4, -0.2) is 24.2 Å². The number of hydrogen-bond donors (Lipinski definition) is 2. The number of carboxylic acid groups (broad SMARTS) is 1. The molecule has 2 atom stereocenters. The van der Waals surface area contributed by atoms with Crippen LogP contribution in [0.1, 0.15) is 20.3 Å². The van der Waals surface area contributed by atoms with E-state index in [4.69, 9.17) is 5.11 Å². The molecule has 3 nitrogen and oxygen atoms in total. The van der Waals surface area contributed by atoms with Gasteiger partial charge in [0.25, 0.3) is 0 Å². The van der Waals surface area contributed by atoms with Crippen molar-refractivity contribution < 1.29 is 9.90 Å². The fourth-order valence-corrected chi connectivity index (χ4v) is 0.980. The molecule has 0 aliphatic heterocycles. The van der Waals surface area contributed by atoms with Gasteiger partial charge in [0.15, 0.2) is 0 Å². The van der Waals surface area contributed by atoms with E-state index in [9.17, 15) is 4.79 Å². The van der Waals surface area contributed by atoms with Gasteiger partial charge < -0.3 is 10.4 Å². The highest BCUT2D eigenvalue weighted by Gasteiger charge is 2.19. The molecule has 0 aromatic rings. The van der Waals surface area contributed by atoms with E-state index in [0.29, 0.717) is 0 Å². The fraction of sp³-hybridized carbons (Fsp3) is 0.857. The molecule has 0 aromatic heterocycles. The van der Waals surface area contributed by atoms with E-state index in [-0.39, 0.29) is 12.0 Å². The summed E-state index contributed by atoms with van der Waals surface area (Å²) >= 11 is 0. The normalized spacial score (nSPS) is 16.3. The lowest BCUT2D eigenvalue weighted by Gasteiger charge is -2.17. The Morgan fingerprint density at radius 3 is 2.30 bits per heavy atom. The average Bonchev–Trinajstić information content (AvgIpc) is 1.90. The maximum Gasteiger partial charge on any atom is 0.307 e. The smallest absolute Gasteiger partial charge is 0.307 e. The first-order valence-electron chi connectivity index (χ1n) is 3.53. The number of aliphatic carboxylic acids is 1. The molecule has 60 valence electrons. The number of hydrogen-bond acceptors (Lipinski definition) is 2. The van der Waals surface area contributed by atoms with Crippen molar-refractivity contribution in [1.82, 2.24) is 5.32 Å². The lowest BCUT2D eigenvalue weighted by atomic mass is 10.0. The average molecular weight is 145 g/mol. The summed E-state index contributed by atoms with van der Waals surface area (Å²) in [6.07, 6.45) is 0.851. The number of rotatable bonds is 4. The Kier molecular flexibility index (Phi) is 4.03. The molecule has 10 heavy (non-hydrogen) atoms. The van der Waals surface area contributed by atoms with Gasteiger partial charge >= 0.3 is 5.97 Å². The van der Waals surface area contributed by atoms with Crippen LogP contribution in [-0.2, 0) is 4.79 Å². The Labute approximate surface area is 61.4 Å². The van der Waals surface area contributed by atoms with Crippen molar-refractivity contribution in [2.24, 2.45) is 5.92 Å². The summed E-state index contributed by atoms with van der Waals surface area (Å²) in [6.45, 7) is 3.69. The summed E-state index contributed by atoms with van der Waals surface area (Å²) in [6, 6.07) is 0.0949. The molecule has 0 radical (unpaired) electrons. The quantitative estimate of drug-likeness (QED) is 0.612. The van der Waals surface area contributed by atoms with E-state index in [1.807, 2.05) is 6.92 Å². The minimum atomic E-state index is -0.735. The molecule has 0 amide bonds. The van der Waals surface area contributed by atoms with Gasteiger partial charge in [-0.25, -0.2) is 0 Å². The van der Waals surface area contributed by atoms with Crippen LogP contribution < -0.4 is 5.32 Å². The summed E-state index contributed by atoms with van der Waals surface area (Å²) in [5.41, 5.74) is 0. The summed E-state index contributed by atoms with van der Waals surface area (Å²) < 4.78 is 0. The van der Waals surface area contributed by atoms with Crippen LogP contribution >= 0.6 is 0 Å². The minimum absolute atomic E-state index is 0.0949. The van der Waals surface area contributed by atoms with Gasteiger partial charge in [-0.1, -0.05) is 13.8 Å². The summed E-state index contributed by atoms with van der Waals surface area (Å²) in [4.78, 5) is 10.4. The monoisotopic (exact) mass is 145 g/mol. The van der Waals surface area contributed by atoms with E-state index in [2.05, 4.69) is 5.32 Å². The molecule has 2 N–H and O–H groups in total. The molecule has 0 rings (SSSR count). The molecular formula is C7H15NO2. The molecular weight excluding hydrogens is 130 g/mol. The standard InChI is InChI=1S/C7H15NO2/c1-4-6(8-3)5(2)7(9)10/h5-6,8H,4H2,1-3H3,(H,9,10). The van der Waals surface area contributed by atoms with E-state index in [1.165, 1.54) is 0 Å². The van der Waals surface area contributed by atoms with Crippen molar-refractivity contribution in [3.63, 3.8) is 0 Å². The van der Waals surface area contributed by atoms with Crippen LogP contribution in [0.2, 0.25) is 0 Å². The zero-order chi connectivity index (χ0) is 8.15. The number of carboxylic acids is 1. The lowest BCUT2D eigenvalue weighted by molar-refractivity contribution is -0.142. The first kappa shape index (κ1) is 9.43. The molecule has 0 aliphatic carbocycles. The zero-order valence-electron chi connectivity index (χ0n) is 6.72. The van der Waals surface area contributed by atoms with Gasteiger partial charge in [-0.15, -0.1) is 0 Å². The molecule has 0 saturated heterocycles. The zero-order valence-corrected chi connectivity index (χ0v) is 6.72. The minimum Gasteiger partial charge on any atom is -0.481 e. The first-order valence-corrected chi connectivity index (χ1v) is 3.53. The van der Waals surface area contributed by atoms with Gasteiger partial charge in [0.05, 0.1) is 5.92 Å². The van der Waals surface area contributed by atoms with Gasteiger partial charge in [-0.3, -0.25) is 4.79 Å². The number of carbonyl (C=O) groups is 1. The predicted molar refractivity (Wildman–Crippen MR) is 39.9 cm³/mol. The van der Waals surface area contributed by atoms with Gasteiger partial charge in [0.1, 0.15) is 0 Å². The van der Waals surface area contributed by atoms with E-state index < -0.39 is 5.97 Å². The third kappa shape index (κ3) is 2.35. The maximum atomic E-state index is 10.4. The van der Waals surface area contributed by atoms with E-state index >= 15 is 0 Å². The largest absolute Gasteiger partial charge is 0.481 e. The Bertz CT molecular complexity index is 110. The van der Waals surface area contributed by atoms with Crippen molar-refractivity contribution in [2.45, 2.75) is 26.3 Å². The Balaban J connectivity index is 3.88. The fourth-order valence-electron chi connectivity index (χ4n) is 0.980. The highest BCUT2D eigenvalue weighted by atomic mass is 16.4. The second-order valence-corrected chi connectivity index (χ2v) is 2.43. The molecule has 2 unspecified atom stereocenters. The van der Waals surface area contributed by atoms with Crippen LogP contribution in [0.25, 0.3) is 0 Å². The second-order valence-electron chi connectivity index (χ2n) is 2.43. The Hall–Kier alpha value is -0.570. The molecule has 0 aliphatic rings. The van der Waals surface area contributed by atoms with Crippen LogP contribution in [0.15, 0.2) is 0 Å². The van der Waals surface area contributed by atoms with Crippen molar-refractivity contribution >= 4 is 5.97 Å². The molecule has 0 bridgehead atoms. The lowest BCUT2D eigenvalue weighted by Crippen LogP contribution is -2.35. The van der Waals surface area contributed by atoms with Crippen molar-refractivity contribution in [3.8, 4) is 0 Å². The molecule has 0 saturated carbocycles. The summed E-state index contributed by atoms with van der Waals surface area (Å²) in [5, 5.41) is 11.5. The van der Waals surface area contributed by atoms with E-state index in [1.54, 1.807) is 14.0 Å². The molecule has 0 aromatic carbocycles. The van der Waals surface area contributed by atoms with Gasteiger partial charge in [0, 0.05) is 6.04 Å². The molecule has 0 fully saturated rings. The third-order valence-corrected chi connectivity index (χ3v) is 1.80. The highest BCUT2D eigenvalue weighted by molar-refractivity contribution is 5.70. The Morgan fingerprint density at radius 1 is 1.70 bits per heavy atom. The van der Waals surface area contributed by atoms with Gasteiger partial charge in [-0.05, 0) is 13.5 Å². The predicted octanol–water partition coefficient (Wildman–Crippen LogP) is 0.705. The maximum absolute atomic E-state index is 10.4. The summed E-state index contributed by atoms with van der Waals surface area (Å²) in [5.74, 6) is -1.03. The molecule has 0 heterocycles. The molecule has 3 heteroatoms.